The molecule has 0 unspecified atom stereocenters. The molecule has 1 aromatic heterocycles. The van der Waals surface area contributed by atoms with Gasteiger partial charge in [-0.15, -0.1) is 0 Å². The summed E-state index contributed by atoms with van der Waals surface area (Å²) in [5, 5.41) is 0. The Balaban J connectivity index is 1.89. The Kier molecular flexibility index (Phi) is 4.66. The van der Waals surface area contributed by atoms with E-state index in [0.717, 1.165) is 39.4 Å². The fraction of sp³-hybridized carbons (Fsp3) is 0.136. The van der Waals surface area contributed by atoms with Crippen molar-refractivity contribution in [2.75, 3.05) is 7.11 Å². The van der Waals surface area contributed by atoms with Crippen LogP contribution in [0.4, 0.5) is 5.69 Å². The zero-order valence-electron chi connectivity index (χ0n) is 14.9. The van der Waals surface area contributed by atoms with Gasteiger partial charge in [-0.3, -0.25) is 9.78 Å². The summed E-state index contributed by atoms with van der Waals surface area (Å²) in [5.41, 5.74) is 5.33. The van der Waals surface area contributed by atoms with Crippen LogP contribution in [0.15, 0.2) is 72.0 Å². The molecule has 134 valence electrons. The van der Waals surface area contributed by atoms with E-state index in [-0.39, 0.29) is 12.4 Å². The molecule has 0 amide bonds. The number of nitrogens with zero attached hydrogens (tertiary/aromatic N) is 2. The Morgan fingerprint density at radius 2 is 2.04 bits per heavy atom. The van der Waals surface area contributed by atoms with Gasteiger partial charge in [0.2, 0.25) is 0 Å². The Bertz CT molecular complexity index is 1010. The summed E-state index contributed by atoms with van der Waals surface area (Å²) in [6.45, 7) is 0.464. The van der Waals surface area contributed by atoms with E-state index in [4.69, 9.17) is 14.5 Å². The van der Waals surface area contributed by atoms with Crippen LogP contribution >= 0.6 is 0 Å². The van der Waals surface area contributed by atoms with Crippen LogP contribution in [0.1, 0.15) is 22.3 Å². The van der Waals surface area contributed by atoms with E-state index in [9.17, 15) is 4.79 Å². The molecule has 0 aliphatic carbocycles. The predicted molar refractivity (Wildman–Crippen MR) is 102 cm³/mol. The van der Waals surface area contributed by atoms with E-state index in [0.29, 0.717) is 6.61 Å². The number of methoxy groups -OCH3 is 1. The molecule has 0 atom stereocenters. The van der Waals surface area contributed by atoms with Gasteiger partial charge in [-0.2, -0.15) is 0 Å². The first-order valence-electron chi connectivity index (χ1n) is 8.64. The Morgan fingerprint density at radius 1 is 1.15 bits per heavy atom. The van der Waals surface area contributed by atoms with E-state index >= 15 is 0 Å². The number of fused-ring (bicyclic) bond motifs is 2. The highest BCUT2D eigenvalue weighted by atomic mass is 16.5. The zero-order valence-corrected chi connectivity index (χ0v) is 14.9. The van der Waals surface area contributed by atoms with Crippen LogP contribution in [-0.4, -0.2) is 23.8 Å². The van der Waals surface area contributed by atoms with Crippen molar-refractivity contribution in [2.45, 2.75) is 13.0 Å². The van der Waals surface area contributed by atoms with Crippen molar-refractivity contribution in [1.29, 1.82) is 0 Å². The third kappa shape index (κ3) is 3.58. The lowest BCUT2D eigenvalue weighted by molar-refractivity contribution is -0.139. The number of hydrogen-bond acceptors (Lipinski definition) is 5. The summed E-state index contributed by atoms with van der Waals surface area (Å²) in [6, 6.07) is 17.5. The standard InChI is InChI=1S/C22H18N2O3/c1-26-21(25)12-15-8-9-20-19(11-15)22(24-17-6-4-10-23-13-17)18-7-3-2-5-16(18)14-27-20/h2-11,13H,12,14H2,1H3/b24-22-. The van der Waals surface area contributed by atoms with Gasteiger partial charge in [0.15, 0.2) is 0 Å². The molecule has 3 aromatic rings. The molecular weight excluding hydrogens is 340 g/mol. The van der Waals surface area contributed by atoms with E-state index in [1.54, 1.807) is 12.4 Å². The lowest BCUT2D eigenvalue weighted by atomic mass is 9.96. The SMILES string of the molecule is COC(=O)Cc1ccc2c(c1)/C(=N\c1cccnc1)c1ccccc1CO2. The average Bonchev–Trinajstić information content (AvgIpc) is 2.86. The number of rotatable bonds is 3. The van der Waals surface area contributed by atoms with Crippen molar-refractivity contribution in [3.63, 3.8) is 0 Å². The molecule has 0 spiro atoms. The number of carbonyl (C=O) groups excluding carboxylic acids is 1. The van der Waals surface area contributed by atoms with Crippen molar-refractivity contribution in [2.24, 2.45) is 4.99 Å². The van der Waals surface area contributed by atoms with Gasteiger partial charge in [-0.1, -0.05) is 30.3 Å². The van der Waals surface area contributed by atoms with Crippen LogP contribution in [-0.2, 0) is 22.6 Å². The van der Waals surface area contributed by atoms with Crippen LogP contribution in [0.2, 0.25) is 0 Å². The highest BCUT2D eigenvalue weighted by molar-refractivity contribution is 6.16. The van der Waals surface area contributed by atoms with Gasteiger partial charge in [-0.25, -0.2) is 4.99 Å². The molecule has 2 aromatic carbocycles. The molecule has 0 radical (unpaired) electrons. The van der Waals surface area contributed by atoms with Crippen molar-refractivity contribution in [3.8, 4) is 5.75 Å². The second kappa shape index (κ2) is 7.41. The van der Waals surface area contributed by atoms with Gasteiger partial charge < -0.3 is 9.47 Å². The number of benzene rings is 2. The molecule has 27 heavy (non-hydrogen) atoms. The highest BCUT2D eigenvalue weighted by Gasteiger charge is 2.21. The number of pyridine rings is 1. The molecule has 0 saturated heterocycles. The Hall–Kier alpha value is -3.47. The third-order valence-corrected chi connectivity index (χ3v) is 4.42. The van der Waals surface area contributed by atoms with Crippen molar-refractivity contribution >= 4 is 17.4 Å². The molecule has 0 fully saturated rings. The first-order valence-corrected chi connectivity index (χ1v) is 8.64. The summed E-state index contributed by atoms with van der Waals surface area (Å²) >= 11 is 0. The van der Waals surface area contributed by atoms with Crippen molar-refractivity contribution < 1.29 is 14.3 Å². The number of ether oxygens (including phenoxy) is 2. The summed E-state index contributed by atoms with van der Waals surface area (Å²) in [7, 11) is 1.39. The Labute approximate surface area is 157 Å². The predicted octanol–water partition coefficient (Wildman–Crippen LogP) is 3.86. The average molecular weight is 358 g/mol. The molecule has 1 aliphatic heterocycles. The largest absolute Gasteiger partial charge is 0.488 e. The lowest BCUT2D eigenvalue weighted by Crippen LogP contribution is -2.08. The fourth-order valence-corrected chi connectivity index (χ4v) is 3.08. The smallest absolute Gasteiger partial charge is 0.309 e. The molecule has 4 rings (SSSR count). The summed E-state index contributed by atoms with van der Waals surface area (Å²) in [6.07, 6.45) is 3.64. The molecule has 1 aliphatic rings. The van der Waals surface area contributed by atoms with E-state index < -0.39 is 0 Å². The molecule has 5 heteroatoms. The molecule has 5 nitrogen and oxygen atoms in total. The molecule has 2 heterocycles. The molecule has 0 saturated carbocycles. The normalized spacial score (nSPS) is 13.9. The Morgan fingerprint density at radius 3 is 2.85 bits per heavy atom. The first-order chi connectivity index (χ1) is 13.2. The number of esters is 1. The number of carbonyl (C=O) groups is 1. The van der Waals surface area contributed by atoms with Crippen LogP contribution in [0, 0.1) is 0 Å². The summed E-state index contributed by atoms with van der Waals surface area (Å²) in [5.74, 6) is 0.457. The van der Waals surface area contributed by atoms with Gasteiger partial charge in [0.05, 0.1) is 31.1 Å². The van der Waals surface area contributed by atoms with Gasteiger partial charge in [0, 0.05) is 17.3 Å². The summed E-state index contributed by atoms with van der Waals surface area (Å²) in [4.78, 5) is 20.7. The maximum Gasteiger partial charge on any atom is 0.309 e. The second-order valence-electron chi connectivity index (χ2n) is 6.20. The molecule has 0 bridgehead atoms. The minimum Gasteiger partial charge on any atom is -0.488 e. The molecular formula is C22H18N2O3. The van der Waals surface area contributed by atoms with Crippen molar-refractivity contribution in [3.05, 3.63) is 89.2 Å². The van der Waals surface area contributed by atoms with E-state index in [2.05, 4.69) is 4.98 Å². The van der Waals surface area contributed by atoms with E-state index in [1.807, 2.05) is 54.6 Å². The van der Waals surface area contributed by atoms with Gasteiger partial charge in [-0.05, 0) is 35.4 Å². The minimum atomic E-state index is -0.282. The van der Waals surface area contributed by atoms with Crippen LogP contribution in [0.5, 0.6) is 5.75 Å². The topological polar surface area (TPSA) is 60.8 Å². The number of hydrogen-bond donors (Lipinski definition) is 0. The highest BCUT2D eigenvalue weighted by Crippen LogP contribution is 2.31. The van der Waals surface area contributed by atoms with Crippen LogP contribution in [0.25, 0.3) is 0 Å². The number of aliphatic imine (C=N–C) groups is 1. The van der Waals surface area contributed by atoms with Crippen LogP contribution < -0.4 is 4.74 Å². The fourth-order valence-electron chi connectivity index (χ4n) is 3.08. The third-order valence-electron chi connectivity index (χ3n) is 4.42. The summed E-state index contributed by atoms with van der Waals surface area (Å²) < 4.78 is 10.8. The van der Waals surface area contributed by atoms with Gasteiger partial charge in [0.25, 0.3) is 0 Å². The van der Waals surface area contributed by atoms with E-state index in [1.165, 1.54) is 7.11 Å². The first kappa shape index (κ1) is 17.0. The zero-order chi connectivity index (χ0) is 18.6. The monoisotopic (exact) mass is 358 g/mol. The van der Waals surface area contributed by atoms with Gasteiger partial charge in [0.1, 0.15) is 12.4 Å². The lowest BCUT2D eigenvalue weighted by Gasteiger charge is -2.11. The molecule has 0 N–H and O–H groups in total. The maximum atomic E-state index is 11.7. The quantitative estimate of drug-likeness (QED) is 0.667. The van der Waals surface area contributed by atoms with Gasteiger partial charge >= 0.3 is 5.97 Å². The van der Waals surface area contributed by atoms with Crippen molar-refractivity contribution in [1.82, 2.24) is 4.98 Å². The van der Waals surface area contributed by atoms with Crippen LogP contribution in [0.3, 0.4) is 0 Å². The number of aromatic nitrogens is 1. The second-order valence-corrected chi connectivity index (χ2v) is 6.20. The maximum absolute atomic E-state index is 11.7. The minimum absolute atomic E-state index is 0.200.